The molecule has 7 heteroatoms. The first-order valence-electron chi connectivity index (χ1n) is 5.56. The minimum atomic E-state index is -0.436. The van der Waals surface area contributed by atoms with Gasteiger partial charge in [0, 0.05) is 13.1 Å². The number of nitrogens with two attached hydrogens (primary N) is 1. The van der Waals surface area contributed by atoms with Crippen LogP contribution in [-0.4, -0.2) is 19.1 Å². The molecule has 2 aromatic heterocycles. The van der Waals surface area contributed by atoms with Crippen LogP contribution in [0.25, 0.3) is 11.2 Å². The average molecular weight is 237 g/mol. The minimum Gasteiger partial charge on any atom is -0.324 e. The van der Waals surface area contributed by atoms with E-state index in [4.69, 9.17) is 5.73 Å². The molecule has 0 aromatic carbocycles. The van der Waals surface area contributed by atoms with Crippen molar-refractivity contribution in [3.05, 3.63) is 26.7 Å². The van der Waals surface area contributed by atoms with Crippen LogP contribution >= 0.6 is 0 Å². The highest BCUT2D eigenvalue weighted by Gasteiger charge is 2.15. The number of nitrogens with one attached hydrogen (secondary N) is 1. The van der Waals surface area contributed by atoms with E-state index < -0.39 is 11.2 Å². The Labute approximate surface area is 96.9 Å². The number of nitrogens with zero attached hydrogens (tertiary/aromatic N) is 3. The maximum Gasteiger partial charge on any atom is 0.330 e. The summed E-state index contributed by atoms with van der Waals surface area (Å²) >= 11 is 0. The van der Waals surface area contributed by atoms with Crippen molar-refractivity contribution < 1.29 is 0 Å². The van der Waals surface area contributed by atoms with Gasteiger partial charge in [-0.1, -0.05) is 0 Å². The second-order valence-electron chi connectivity index (χ2n) is 3.65. The van der Waals surface area contributed by atoms with Crippen LogP contribution in [0.15, 0.2) is 9.59 Å². The van der Waals surface area contributed by atoms with E-state index >= 15 is 0 Å². The summed E-state index contributed by atoms with van der Waals surface area (Å²) in [4.78, 5) is 30.0. The molecular weight excluding hydrogens is 222 g/mol. The Kier molecular flexibility index (Phi) is 2.84. The fourth-order valence-electron chi connectivity index (χ4n) is 2.01. The van der Waals surface area contributed by atoms with Gasteiger partial charge in [0.15, 0.2) is 11.2 Å². The molecule has 0 atom stereocenters. The van der Waals surface area contributed by atoms with Gasteiger partial charge in [-0.3, -0.25) is 14.3 Å². The molecule has 92 valence electrons. The molecule has 0 saturated heterocycles. The highest BCUT2D eigenvalue weighted by Crippen LogP contribution is 2.10. The predicted molar refractivity (Wildman–Crippen MR) is 63.9 cm³/mol. The van der Waals surface area contributed by atoms with E-state index in [1.807, 2.05) is 13.8 Å². The van der Waals surface area contributed by atoms with Gasteiger partial charge in [-0.2, -0.15) is 0 Å². The molecule has 0 radical (unpaired) electrons. The summed E-state index contributed by atoms with van der Waals surface area (Å²) in [5, 5.41) is 0. The number of aromatic amines is 1. The fraction of sp³-hybridized carbons (Fsp3) is 0.500. The van der Waals surface area contributed by atoms with Gasteiger partial charge < -0.3 is 10.3 Å². The monoisotopic (exact) mass is 237 g/mol. The summed E-state index contributed by atoms with van der Waals surface area (Å²) in [6.45, 7) is 5.01. The zero-order valence-corrected chi connectivity index (χ0v) is 9.86. The van der Waals surface area contributed by atoms with Crippen molar-refractivity contribution in [1.82, 2.24) is 19.1 Å². The van der Waals surface area contributed by atoms with Crippen molar-refractivity contribution in [3.8, 4) is 0 Å². The molecular formula is C10H15N5O2. The average Bonchev–Trinajstić information content (AvgIpc) is 2.68. The molecule has 0 aliphatic rings. The Morgan fingerprint density at radius 2 is 1.88 bits per heavy atom. The molecule has 0 aliphatic heterocycles. The maximum absolute atomic E-state index is 11.8. The van der Waals surface area contributed by atoms with Crippen LogP contribution in [0.1, 0.15) is 19.7 Å². The zero-order chi connectivity index (χ0) is 12.6. The first-order chi connectivity index (χ1) is 8.13. The number of aromatic nitrogens is 4. The number of imidazole rings is 1. The van der Waals surface area contributed by atoms with Gasteiger partial charge in [-0.25, -0.2) is 9.78 Å². The predicted octanol–water partition coefficient (Wildman–Crippen LogP) is -0.615. The molecule has 2 heterocycles. The van der Waals surface area contributed by atoms with E-state index in [-0.39, 0.29) is 6.54 Å². The largest absolute Gasteiger partial charge is 0.330 e. The van der Waals surface area contributed by atoms with E-state index in [9.17, 15) is 9.59 Å². The Balaban J connectivity index is 3.00. The molecule has 0 fully saturated rings. The Bertz CT molecular complexity index is 664. The van der Waals surface area contributed by atoms with Crippen molar-refractivity contribution >= 4 is 11.2 Å². The lowest BCUT2D eigenvalue weighted by molar-refractivity contribution is 0.712. The van der Waals surface area contributed by atoms with Crippen molar-refractivity contribution in [2.45, 2.75) is 33.5 Å². The maximum atomic E-state index is 11.8. The molecule has 2 aromatic rings. The van der Waals surface area contributed by atoms with Gasteiger partial charge in [0.05, 0.1) is 6.54 Å². The number of fused-ring (bicyclic) bond motifs is 1. The van der Waals surface area contributed by atoms with Crippen molar-refractivity contribution in [3.63, 3.8) is 0 Å². The molecule has 7 nitrogen and oxygen atoms in total. The summed E-state index contributed by atoms with van der Waals surface area (Å²) in [5.74, 6) is 0.612. The number of H-pyrrole nitrogens is 1. The van der Waals surface area contributed by atoms with Gasteiger partial charge in [-0.15, -0.1) is 0 Å². The lowest BCUT2D eigenvalue weighted by Crippen LogP contribution is -2.30. The van der Waals surface area contributed by atoms with E-state index in [2.05, 4.69) is 9.97 Å². The van der Waals surface area contributed by atoms with E-state index in [1.165, 1.54) is 4.57 Å². The van der Waals surface area contributed by atoms with Gasteiger partial charge >= 0.3 is 5.69 Å². The molecule has 17 heavy (non-hydrogen) atoms. The smallest absolute Gasteiger partial charge is 0.324 e. The molecule has 0 bridgehead atoms. The van der Waals surface area contributed by atoms with Crippen molar-refractivity contribution in [2.24, 2.45) is 5.73 Å². The zero-order valence-electron chi connectivity index (χ0n) is 9.86. The summed E-state index contributed by atoms with van der Waals surface area (Å²) in [6, 6.07) is 0. The SMILES string of the molecule is CCn1c(CN)nc2c1c(=O)[nH]c(=O)n2CC. The summed E-state index contributed by atoms with van der Waals surface area (Å²) in [5.41, 5.74) is 5.56. The summed E-state index contributed by atoms with van der Waals surface area (Å²) in [6.07, 6.45) is 0. The van der Waals surface area contributed by atoms with Crippen LogP contribution in [0.5, 0.6) is 0 Å². The van der Waals surface area contributed by atoms with Gasteiger partial charge in [0.2, 0.25) is 0 Å². The minimum absolute atomic E-state index is 0.236. The molecule has 0 spiro atoms. The van der Waals surface area contributed by atoms with Crippen molar-refractivity contribution in [2.75, 3.05) is 0 Å². The highest BCUT2D eigenvalue weighted by atomic mass is 16.2. The first kappa shape index (κ1) is 11.6. The van der Waals surface area contributed by atoms with Crippen molar-refractivity contribution in [1.29, 1.82) is 0 Å². The second kappa shape index (κ2) is 4.17. The molecule has 0 amide bonds. The van der Waals surface area contributed by atoms with Gasteiger partial charge in [0.1, 0.15) is 5.82 Å². The topological polar surface area (TPSA) is 98.7 Å². The third kappa shape index (κ3) is 1.59. The number of hydrogen-bond donors (Lipinski definition) is 2. The summed E-state index contributed by atoms with van der Waals surface area (Å²) < 4.78 is 3.17. The van der Waals surface area contributed by atoms with Crippen LogP contribution in [0.2, 0.25) is 0 Å². The molecule has 0 aliphatic carbocycles. The number of hydrogen-bond acceptors (Lipinski definition) is 4. The Morgan fingerprint density at radius 3 is 2.41 bits per heavy atom. The van der Waals surface area contributed by atoms with E-state index in [0.717, 1.165) is 0 Å². The standard InChI is InChI=1S/C10H15N5O2/c1-3-14-6(5-11)12-8-7(14)9(16)13-10(17)15(8)4-2/h3-5,11H2,1-2H3,(H,13,16,17). The van der Waals surface area contributed by atoms with Gasteiger partial charge in [-0.05, 0) is 13.8 Å². The molecule has 3 N–H and O–H groups in total. The third-order valence-electron chi connectivity index (χ3n) is 2.78. The first-order valence-corrected chi connectivity index (χ1v) is 5.56. The summed E-state index contributed by atoms with van der Waals surface area (Å²) in [7, 11) is 0. The normalized spacial score (nSPS) is 11.2. The third-order valence-corrected chi connectivity index (χ3v) is 2.78. The molecule has 0 unspecified atom stereocenters. The second-order valence-corrected chi connectivity index (χ2v) is 3.65. The lowest BCUT2D eigenvalue weighted by atomic mass is 10.5. The molecule has 2 rings (SSSR count). The Morgan fingerprint density at radius 1 is 1.24 bits per heavy atom. The van der Waals surface area contributed by atoms with Crippen LogP contribution < -0.4 is 17.0 Å². The molecule has 0 saturated carbocycles. The van der Waals surface area contributed by atoms with Crippen LogP contribution in [0.4, 0.5) is 0 Å². The lowest BCUT2D eigenvalue weighted by Gasteiger charge is -2.03. The number of rotatable bonds is 3. The van der Waals surface area contributed by atoms with Crippen LogP contribution in [-0.2, 0) is 19.6 Å². The quantitative estimate of drug-likeness (QED) is 0.743. The van der Waals surface area contributed by atoms with Crippen LogP contribution in [0.3, 0.4) is 0 Å². The van der Waals surface area contributed by atoms with Crippen LogP contribution in [0, 0.1) is 0 Å². The fourth-order valence-corrected chi connectivity index (χ4v) is 2.01. The highest BCUT2D eigenvalue weighted by molar-refractivity contribution is 5.70. The van der Waals surface area contributed by atoms with Gasteiger partial charge in [0.25, 0.3) is 5.56 Å². The van der Waals surface area contributed by atoms with E-state index in [1.54, 1.807) is 4.57 Å². The number of aryl methyl sites for hydroxylation is 2. The van der Waals surface area contributed by atoms with E-state index in [0.29, 0.717) is 30.1 Å². The Hall–Kier alpha value is -1.89.